The van der Waals surface area contributed by atoms with Gasteiger partial charge in [0, 0.05) is 0 Å². The summed E-state index contributed by atoms with van der Waals surface area (Å²) in [6, 6.07) is 0.743. The summed E-state index contributed by atoms with van der Waals surface area (Å²) >= 11 is 0. The summed E-state index contributed by atoms with van der Waals surface area (Å²) in [5.41, 5.74) is 0. The second-order valence-electron chi connectivity index (χ2n) is 2.32. The molecule has 0 unspecified atom stereocenters. The predicted octanol–water partition coefficient (Wildman–Crippen LogP) is -0.907. The Morgan fingerprint density at radius 1 is 1.75 bits per heavy atom. The molecule has 1 aliphatic heterocycles. The smallest absolute Gasteiger partial charge is 0.0671 e. The second kappa shape index (κ2) is 3.05. The normalized spacial score (nSPS) is 28.9. The first-order chi connectivity index (χ1) is 3.93. The monoisotopic (exact) mass is 114 g/mol. The summed E-state index contributed by atoms with van der Waals surface area (Å²) in [7, 11) is 3.68. The number of rotatable bonds is 2. The van der Waals surface area contributed by atoms with Crippen LogP contribution < -0.4 is 10.6 Å². The molecule has 0 amide bonds. The van der Waals surface area contributed by atoms with Crippen molar-refractivity contribution in [3.63, 3.8) is 0 Å². The molecule has 48 valence electrons. The number of nitrogens with two attached hydrogens (primary N) is 1. The molecule has 1 atom stereocenters. The first kappa shape index (κ1) is 6.05. The fraction of sp³-hybridized carbons (Fsp3) is 0.833. The highest BCUT2D eigenvalue weighted by atomic mass is 15.0. The van der Waals surface area contributed by atoms with Crippen LogP contribution in [-0.4, -0.2) is 19.1 Å². The van der Waals surface area contributed by atoms with Crippen LogP contribution in [0.5, 0.6) is 0 Å². The summed E-state index contributed by atoms with van der Waals surface area (Å²) in [6.07, 6.45) is 2.69. The molecule has 0 bridgehead atoms. The Morgan fingerprint density at radius 2 is 2.62 bits per heavy atom. The van der Waals surface area contributed by atoms with Gasteiger partial charge >= 0.3 is 0 Å². The third kappa shape index (κ3) is 1.46. The van der Waals surface area contributed by atoms with Crippen LogP contribution in [0.15, 0.2) is 0 Å². The van der Waals surface area contributed by atoms with Gasteiger partial charge in [-0.2, -0.15) is 7.05 Å². The Labute approximate surface area is 50.7 Å². The molecule has 1 rings (SSSR count). The predicted molar refractivity (Wildman–Crippen MR) is 33.2 cm³/mol. The first-order valence-electron chi connectivity index (χ1n) is 3.28. The van der Waals surface area contributed by atoms with Gasteiger partial charge < -0.3 is 10.6 Å². The van der Waals surface area contributed by atoms with Gasteiger partial charge in [0.2, 0.25) is 0 Å². The third-order valence-corrected chi connectivity index (χ3v) is 1.61. The largest absolute Gasteiger partial charge is 0.478 e. The topological polar surface area (TPSA) is 28.6 Å². The van der Waals surface area contributed by atoms with Gasteiger partial charge in [-0.15, -0.1) is 0 Å². The Hall–Kier alpha value is -0.0800. The average molecular weight is 114 g/mol. The minimum Gasteiger partial charge on any atom is -0.478 e. The number of hydrogen-bond donors (Lipinski definition) is 2. The maximum absolute atomic E-state index is 3.68. The van der Waals surface area contributed by atoms with Crippen molar-refractivity contribution in [2.24, 2.45) is 0 Å². The van der Waals surface area contributed by atoms with Crippen LogP contribution in [-0.2, 0) is 0 Å². The highest BCUT2D eigenvalue weighted by Crippen LogP contribution is 2.01. The zero-order chi connectivity index (χ0) is 5.82. The van der Waals surface area contributed by atoms with Gasteiger partial charge in [-0.1, -0.05) is 0 Å². The van der Waals surface area contributed by atoms with Crippen molar-refractivity contribution in [3.05, 3.63) is 7.05 Å². The fourth-order valence-electron chi connectivity index (χ4n) is 1.16. The van der Waals surface area contributed by atoms with Crippen LogP contribution >= 0.6 is 0 Å². The van der Waals surface area contributed by atoms with E-state index in [-0.39, 0.29) is 0 Å². The lowest BCUT2D eigenvalue weighted by Gasteiger charge is -2.07. The highest BCUT2D eigenvalue weighted by Gasteiger charge is 2.12. The molecule has 3 N–H and O–H groups in total. The van der Waals surface area contributed by atoms with E-state index in [4.69, 9.17) is 0 Å². The molecule has 0 aromatic heterocycles. The van der Waals surface area contributed by atoms with Crippen molar-refractivity contribution in [2.75, 3.05) is 13.1 Å². The average Bonchev–Trinajstić information content (AvgIpc) is 2.19. The Bertz CT molecular complexity index is 57.5. The lowest BCUT2D eigenvalue weighted by molar-refractivity contribution is -0.597. The minimum absolute atomic E-state index is 0.743. The lowest BCUT2D eigenvalue weighted by atomic mass is 10.2. The van der Waals surface area contributed by atoms with Gasteiger partial charge in [-0.3, -0.25) is 0 Å². The Morgan fingerprint density at radius 3 is 3.12 bits per heavy atom. The summed E-state index contributed by atoms with van der Waals surface area (Å²) < 4.78 is 0. The standard InChI is InChI=1S/C6H14N2/c1-7-5-6-3-2-4-8-6/h6,8H,1-5,7H2/t6-/m0/s1. The summed E-state index contributed by atoms with van der Waals surface area (Å²) in [5, 5.41) is 5.38. The maximum Gasteiger partial charge on any atom is 0.0671 e. The molecule has 0 aromatic rings. The highest BCUT2D eigenvalue weighted by molar-refractivity contribution is 4.71. The molecule has 0 aromatic carbocycles. The molecule has 2 nitrogen and oxygen atoms in total. The SMILES string of the molecule is [CH2-][NH2+]C[C@@H]1CCCN1. The maximum atomic E-state index is 3.68. The molecule has 0 aliphatic carbocycles. The van der Waals surface area contributed by atoms with Gasteiger partial charge in [0.25, 0.3) is 0 Å². The van der Waals surface area contributed by atoms with Crippen LogP contribution in [0, 0.1) is 7.05 Å². The molecule has 1 aliphatic rings. The van der Waals surface area contributed by atoms with Crippen molar-refractivity contribution < 1.29 is 5.32 Å². The molecule has 1 fully saturated rings. The van der Waals surface area contributed by atoms with Crippen molar-refractivity contribution >= 4 is 0 Å². The van der Waals surface area contributed by atoms with Gasteiger partial charge in [0.15, 0.2) is 0 Å². The second-order valence-corrected chi connectivity index (χ2v) is 2.32. The number of hydrogen-bond acceptors (Lipinski definition) is 1. The fourth-order valence-corrected chi connectivity index (χ4v) is 1.16. The zero-order valence-corrected chi connectivity index (χ0v) is 5.19. The van der Waals surface area contributed by atoms with E-state index >= 15 is 0 Å². The molecule has 0 saturated carbocycles. The van der Waals surface area contributed by atoms with Crippen LogP contribution in [0.1, 0.15) is 12.8 Å². The number of nitrogens with one attached hydrogen (secondary N) is 1. The van der Waals surface area contributed by atoms with E-state index < -0.39 is 0 Å². The van der Waals surface area contributed by atoms with Gasteiger partial charge in [-0.25, -0.2) is 0 Å². The van der Waals surface area contributed by atoms with Crippen LogP contribution in [0.4, 0.5) is 0 Å². The Kier molecular flexibility index (Phi) is 2.30. The quantitative estimate of drug-likeness (QED) is 0.447. The van der Waals surface area contributed by atoms with E-state index in [2.05, 4.69) is 12.4 Å². The van der Waals surface area contributed by atoms with Gasteiger partial charge in [-0.05, 0) is 19.4 Å². The molecule has 0 radical (unpaired) electrons. The van der Waals surface area contributed by atoms with E-state index in [1.165, 1.54) is 19.4 Å². The summed E-state index contributed by atoms with van der Waals surface area (Å²) in [6.45, 7) is 2.35. The molecule has 1 saturated heterocycles. The third-order valence-electron chi connectivity index (χ3n) is 1.61. The zero-order valence-electron chi connectivity index (χ0n) is 5.19. The first-order valence-corrected chi connectivity index (χ1v) is 3.28. The van der Waals surface area contributed by atoms with E-state index in [0.29, 0.717) is 0 Å². The van der Waals surface area contributed by atoms with Crippen molar-refractivity contribution in [1.29, 1.82) is 0 Å². The van der Waals surface area contributed by atoms with Gasteiger partial charge in [0.05, 0.1) is 12.6 Å². The minimum atomic E-state index is 0.743. The van der Waals surface area contributed by atoms with E-state index in [0.717, 1.165) is 12.6 Å². The molecular formula is C6H14N2. The summed E-state index contributed by atoms with van der Waals surface area (Å²) in [5.74, 6) is 0. The molecule has 1 heterocycles. The Balaban J connectivity index is 2.06. The molecule has 8 heavy (non-hydrogen) atoms. The van der Waals surface area contributed by atoms with Crippen molar-refractivity contribution in [2.45, 2.75) is 18.9 Å². The van der Waals surface area contributed by atoms with Gasteiger partial charge in [0.1, 0.15) is 0 Å². The van der Waals surface area contributed by atoms with Crippen molar-refractivity contribution in [3.8, 4) is 0 Å². The van der Waals surface area contributed by atoms with E-state index in [9.17, 15) is 0 Å². The van der Waals surface area contributed by atoms with Crippen LogP contribution in [0.25, 0.3) is 0 Å². The van der Waals surface area contributed by atoms with E-state index in [1.807, 2.05) is 5.32 Å². The summed E-state index contributed by atoms with van der Waals surface area (Å²) in [4.78, 5) is 0. The molecular weight excluding hydrogens is 100 g/mol. The van der Waals surface area contributed by atoms with Crippen molar-refractivity contribution in [1.82, 2.24) is 5.32 Å². The molecule has 0 spiro atoms. The van der Waals surface area contributed by atoms with E-state index in [1.54, 1.807) is 0 Å². The lowest BCUT2D eigenvalue weighted by Crippen LogP contribution is -2.80. The van der Waals surface area contributed by atoms with Crippen LogP contribution in [0.3, 0.4) is 0 Å². The molecule has 2 heteroatoms. The van der Waals surface area contributed by atoms with Crippen LogP contribution in [0.2, 0.25) is 0 Å². The number of quaternary nitrogens is 1.